The molecular formula is C12H16NO3+. The van der Waals surface area contributed by atoms with Crippen LogP contribution in [0.5, 0.6) is 0 Å². The molecular weight excluding hydrogens is 206 g/mol. The zero-order valence-electron chi connectivity index (χ0n) is 9.60. The number of ether oxygens (including phenoxy) is 1. The fourth-order valence-electron chi connectivity index (χ4n) is 1.41. The summed E-state index contributed by atoms with van der Waals surface area (Å²) in [5, 5.41) is 0. The molecule has 0 aromatic carbocycles. The zero-order valence-corrected chi connectivity index (χ0v) is 9.60. The van der Waals surface area contributed by atoms with Crippen LogP contribution in [0.1, 0.15) is 19.4 Å². The lowest BCUT2D eigenvalue weighted by molar-refractivity contribution is -0.684. The average molecular weight is 222 g/mol. The van der Waals surface area contributed by atoms with Gasteiger partial charge in [0.15, 0.2) is 18.2 Å². The number of ketones is 1. The largest absolute Gasteiger partial charge is 0.466 e. The van der Waals surface area contributed by atoms with Gasteiger partial charge in [-0.15, -0.1) is 0 Å². The van der Waals surface area contributed by atoms with Crippen LogP contribution in [0.15, 0.2) is 24.5 Å². The molecule has 0 atom stereocenters. The molecule has 1 heterocycles. The number of pyridine rings is 1. The maximum atomic E-state index is 11.2. The van der Waals surface area contributed by atoms with Crippen LogP contribution in [0, 0.1) is 0 Å². The summed E-state index contributed by atoms with van der Waals surface area (Å²) in [6.45, 7) is 4.03. The van der Waals surface area contributed by atoms with Crippen LogP contribution >= 0.6 is 0 Å². The van der Waals surface area contributed by atoms with E-state index < -0.39 is 0 Å². The van der Waals surface area contributed by atoms with Crippen LogP contribution in [-0.2, 0) is 27.3 Å². The predicted molar refractivity (Wildman–Crippen MR) is 57.7 cm³/mol. The minimum absolute atomic E-state index is 0.0817. The third-order valence-electron chi connectivity index (χ3n) is 1.98. The van der Waals surface area contributed by atoms with Crippen molar-refractivity contribution in [2.45, 2.75) is 26.8 Å². The highest BCUT2D eigenvalue weighted by Crippen LogP contribution is 1.97. The smallest absolute Gasteiger partial charge is 0.310 e. The van der Waals surface area contributed by atoms with Crippen LogP contribution in [0.4, 0.5) is 0 Å². The molecule has 0 aliphatic rings. The molecule has 1 rings (SSSR count). The van der Waals surface area contributed by atoms with E-state index in [-0.39, 0.29) is 18.2 Å². The summed E-state index contributed by atoms with van der Waals surface area (Å²) >= 11 is 0. The van der Waals surface area contributed by atoms with Crippen LogP contribution in [0.2, 0.25) is 0 Å². The fourth-order valence-corrected chi connectivity index (χ4v) is 1.41. The van der Waals surface area contributed by atoms with Crippen molar-refractivity contribution in [1.82, 2.24) is 0 Å². The molecule has 86 valence electrons. The molecule has 0 saturated heterocycles. The maximum Gasteiger partial charge on any atom is 0.310 e. The topological polar surface area (TPSA) is 47.2 Å². The minimum Gasteiger partial charge on any atom is -0.466 e. The van der Waals surface area contributed by atoms with Gasteiger partial charge in [-0.05, 0) is 13.0 Å². The van der Waals surface area contributed by atoms with Gasteiger partial charge in [-0.25, -0.2) is 0 Å². The van der Waals surface area contributed by atoms with Crippen molar-refractivity contribution in [3.8, 4) is 0 Å². The van der Waals surface area contributed by atoms with Gasteiger partial charge in [0, 0.05) is 18.6 Å². The van der Waals surface area contributed by atoms with E-state index in [1.54, 1.807) is 23.9 Å². The molecule has 0 unspecified atom stereocenters. The predicted octanol–water partition coefficient (Wildman–Crippen LogP) is 0.669. The summed E-state index contributed by atoms with van der Waals surface area (Å²) in [5.41, 5.74) is 0.849. The normalized spacial score (nSPS) is 9.88. The molecule has 0 saturated carbocycles. The average Bonchev–Trinajstić information content (AvgIpc) is 2.17. The van der Waals surface area contributed by atoms with Crippen molar-refractivity contribution < 1.29 is 18.9 Å². The Morgan fingerprint density at radius 3 is 2.81 bits per heavy atom. The summed E-state index contributed by atoms with van der Waals surface area (Å²) < 4.78 is 6.61. The van der Waals surface area contributed by atoms with Crippen molar-refractivity contribution in [2.24, 2.45) is 0 Å². The highest BCUT2D eigenvalue weighted by atomic mass is 16.5. The number of Topliss-reactive ketones (excluding diaryl/α,β-unsaturated/α-hetero) is 1. The Hall–Kier alpha value is -1.71. The standard InChI is InChI=1S/C12H16NO3/c1-3-16-12(15)7-11-5-4-6-13(9-11)8-10(2)14/h4-6,9H,3,7-8H2,1-2H3/q+1. The Labute approximate surface area is 94.9 Å². The molecule has 0 spiro atoms. The monoisotopic (exact) mass is 222 g/mol. The second kappa shape index (κ2) is 6.00. The molecule has 0 N–H and O–H groups in total. The summed E-state index contributed by atoms with van der Waals surface area (Å²) in [6.07, 6.45) is 3.83. The molecule has 4 heteroatoms. The molecule has 0 amide bonds. The zero-order chi connectivity index (χ0) is 12.0. The Balaban J connectivity index is 2.67. The van der Waals surface area contributed by atoms with Crippen LogP contribution in [0.25, 0.3) is 0 Å². The maximum absolute atomic E-state index is 11.2. The first-order valence-electron chi connectivity index (χ1n) is 5.25. The van der Waals surface area contributed by atoms with Gasteiger partial charge in [0.1, 0.15) is 0 Å². The number of carbonyl (C=O) groups excluding carboxylic acids is 2. The summed E-state index contributed by atoms with van der Waals surface area (Å²) in [7, 11) is 0. The molecule has 4 nitrogen and oxygen atoms in total. The van der Waals surface area contributed by atoms with Crippen molar-refractivity contribution in [3.63, 3.8) is 0 Å². The van der Waals surface area contributed by atoms with Gasteiger partial charge in [-0.3, -0.25) is 9.59 Å². The van der Waals surface area contributed by atoms with Crippen LogP contribution in [0.3, 0.4) is 0 Å². The number of carbonyl (C=O) groups is 2. The lowest BCUT2D eigenvalue weighted by atomic mass is 10.2. The Bertz CT molecular complexity index is 388. The molecule has 0 aliphatic carbocycles. The molecule has 1 aromatic heterocycles. The first-order chi connectivity index (χ1) is 7.61. The van der Waals surface area contributed by atoms with Gasteiger partial charge >= 0.3 is 5.97 Å². The third kappa shape index (κ3) is 4.21. The van der Waals surface area contributed by atoms with Gasteiger partial charge in [0.2, 0.25) is 6.54 Å². The van der Waals surface area contributed by atoms with Crippen LogP contribution in [-0.4, -0.2) is 18.4 Å². The molecule has 0 aliphatic heterocycles. The molecule has 0 radical (unpaired) electrons. The number of nitrogens with zero attached hydrogens (tertiary/aromatic N) is 1. The van der Waals surface area contributed by atoms with E-state index in [1.165, 1.54) is 6.92 Å². The Morgan fingerprint density at radius 2 is 2.19 bits per heavy atom. The van der Waals surface area contributed by atoms with Crippen LogP contribution < -0.4 is 4.57 Å². The molecule has 0 bridgehead atoms. The first kappa shape index (κ1) is 12.4. The van der Waals surface area contributed by atoms with E-state index >= 15 is 0 Å². The van der Waals surface area contributed by atoms with Gasteiger partial charge in [-0.1, -0.05) is 0 Å². The van der Waals surface area contributed by atoms with E-state index in [0.29, 0.717) is 13.2 Å². The second-order valence-corrected chi connectivity index (χ2v) is 3.57. The molecule has 1 aromatic rings. The van der Waals surface area contributed by atoms with Crippen molar-refractivity contribution >= 4 is 11.8 Å². The molecule has 0 fully saturated rings. The highest BCUT2D eigenvalue weighted by Gasteiger charge is 2.09. The Morgan fingerprint density at radius 1 is 1.44 bits per heavy atom. The Kier molecular flexibility index (Phi) is 4.64. The van der Waals surface area contributed by atoms with Crippen molar-refractivity contribution in [1.29, 1.82) is 0 Å². The molecule has 16 heavy (non-hydrogen) atoms. The van der Waals surface area contributed by atoms with Gasteiger partial charge in [0.25, 0.3) is 0 Å². The first-order valence-corrected chi connectivity index (χ1v) is 5.25. The van der Waals surface area contributed by atoms with Gasteiger partial charge in [0.05, 0.1) is 13.0 Å². The minimum atomic E-state index is -0.247. The van der Waals surface area contributed by atoms with Crippen molar-refractivity contribution in [2.75, 3.05) is 6.61 Å². The van der Waals surface area contributed by atoms with Crippen molar-refractivity contribution in [3.05, 3.63) is 30.1 Å². The van der Waals surface area contributed by atoms with E-state index in [1.807, 2.05) is 12.1 Å². The second-order valence-electron chi connectivity index (χ2n) is 3.57. The van der Waals surface area contributed by atoms with E-state index in [0.717, 1.165) is 5.56 Å². The number of hydrogen-bond acceptors (Lipinski definition) is 3. The number of esters is 1. The third-order valence-corrected chi connectivity index (χ3v) is 1.98. The summed E-state index contributed by atoms with van der Waals surface area (Å²) in [4.78, 5) is 22.2. The lowest BCUT2D eigenvalue weighted by Crippen LogP contribution is -2.36. The number of rotatable bonds is 5. The van der Waals surface area contributed by atoms with E-state index in [2.05, 4.69) is 0 Å². The van der Waals surface area contributed by atoms with E-state index in [4.69, 9.17) is 4.74 Å². The number of aromatic nitrogens is 1. The van der Waals surface area contributed by atoms with Gasteiger partial charge in [-0.2, -0.15) is 4.57 Å². The summed E-state index contributed by atoms with van der Waals surface area (Å²) in [6, 6.07) is 3.66. The number of hydrogen-bond donors (Lipinski definition) is 0. The quantitative estimate of drug-likeness (QED) is 0.543. The van der Waals surface area contributed by atoms with E-state index in [9.17, 15) is 9.59 Å². The highest BCUT2D eigenvalue weighted by molar-refractivity contribution is 5.74. The fraction of sp³-hybridized carbons (Fsp3) is 0.417. The lowest BCUT2D eigenvalue weighted by Gasteiger charge is -2.01. The van der Waals surface area contributed by atoms with Gasteiger partial charge < -0.3 is 4.74 Å². The summed E-state index contributed by atoms with van der Waals surface area (Å²) in [5.74, 6) is -0.165. The SMILES string of the molecule is CCOC(=O)Cc1ccc[n+](CC(C)=O)c1.